The molecule has 0 spiro atoms. The second kappa shape index (κ2) is 9.18. The number of rotatable bonds is 9. The van der Waals surface area contributed by atoms with E-state index in [1.165, 1.54) is 12.0 Å². The van der Waals surface area contributed by atoms with Gasteiger partial charge in [0.25, 0.3) is 0 Å². The fourth-order valence-electron chi connectivity index (χ4n) is 1.81. The van der Waals surface area contributed by atoms with Crippen LogP contribution < -0.4 is 5.32 Å². The predicted molar refractivity (Wildman–Crippen MR) is 71.5 cm³/mol. The Morgan fingerprint density at radius 1 is 1.35 bits per heavy atom. The van der Waals surface area contributed by atoms with Crippen LogP contribution in [0.15, 0.2) is 0 Å². The number of halogens is 3. The molecule has 0 amide bonds. The van der Waals surface area contributed by atoms with E-state index in [4.69, 9.17) is 0 Å². The molecule has 0 aromatic rings. The summed E-state index contributed by atoms with van der Waals surface area (Å²) in [7, 11) is 1.28. The molecule has 0 fully saturated rings. The molecule has 120 valence electrons. The molecular weight excluding hydrogens is 273 g/mol. The van der Waals surface area contributed by atoms with Crippen molar-refractivity contribution in [3.63, 3.8) is 0 Å². The number of carbonyl (C=O) groups is 1. The summed E-state index contributed by atoms with van der Waals surface area (Å²) < 4.78 is 42.1. The fourth-order valence-corrected chi connectivity index (χ4v) is 1.81. The van der Waals surface area contributed by atoms with Crippen LogP contribution in [0.2, 0.25) is 0 Å². The largest absolute Gasteiger partial charge is 0.468 e. The van der Waals surface area contributed by atoms with Crippen molar-refractivity contribution in [1.29, 1.82) is 0 Å². The first-order chi connectivity index (χ1) is 9.21. The van der Waals surface area contributed by atoms with E-state index in [9.17, 15) is 18.0 Å². The minimum Gasteiger partial charge on any atom is -0.468 e. The number of methoxy groups -OCH3 is 1. The standard InChI is InChI=1S/C13H25F3N2O2/c1-5-7-17-11(12(19)20-4)6-8-18(10(2)3)9-13(14,15)16/h10-11,17H,5-9H2,1-4H3. The van der Waals surface area contributed by atoms with Gasteiger partial charge in [0.15, 0.2) is 0 Å². The van der Waals surface area contributed by atoms with E-state index in [0.29, 0.717) is 13.0 Å². The average molecular weight is 298 g/mol. The Balaban J connectivity index is 4.49. The van der Waals surface area contributed by atoms with Gasteiger partial charge in [-0.1, -0.05) is 6.92 Å². The highest BCUT2D eigenvalue weighted by molar-refractivity contribution is 5.75. The minimum absolute atomic E-state index is 0.188. The van der Waals surface area contributed by atoms with Gasteiger partial charge in [-0.05, 0) is 33.2 Å². The molecule has 0 aliphatic rings. The van der Waals surface area contributed by atoms with E-state index in [0.717, 1.165) is 6.42 Å². The van der Waals surface area contributed by atoms with Crippen LogP contribution in [-0.2, 0) is 9.53 Å². The van der Waals surface area contributed by atoms with Gasteiger partial charge < -0.3 is 10.1 Å². The Morgan fingerprint density at radius 3 is 2.35 bits per heavy atom. The number of hydrogen-bond acceptors (Lipinski definition) is 4. The van der Waals surface area contributed by atoms with Gasteiger partial charge in [0, 0.05) is 12.6 Å². The highest BCUT2D eigenvalue weighted by Crippen LogP contribution is 2.18. The zero-order valence-corrected chi connectivity index (χ0v) is 12.6. The number of hydrogen-bond donors (Lipinski definition) is 1. The molecule has 7 heteroatoms. The van der Waals surface area contributed by atoms with E-state index < -0.39 is 24.7 Å². The maximum absolute atomic E-state index is 12.5. The Hall–Kier alpha value is -0.820. The average Bonchev–Trinajstić information content (AvgIpc) is 2.34. The van der Waals surface area contributed by atoms with Crippen LogP contribution in [0, 0.1) is 0 Å². The van der Waals surface area contributed by atoms with Gasteiger partial charge in [-0.25, -0.2) is 0 Å². The molecule has 0 saturated heterocycles. The van der Waals surface area contributed by atoms with Crippen molar-refractivity contribution in [3.05, 3.63) is 0 Å². The summed E-state index contributed by atoms with van der Waals surface area (Å²) in [4.78, 5) is 12.9. The summed E-state index contributed by atoms with van der Waals surface area (Å²) in [5.41, 5.74) is 0. The summed E-state index contributed by atoms with van der Waals surface area (Å²) in [5.74, 6) is -0.436. The molecule has 0 aliphatic carbocycles. The van der Waals surface area contributed by atoms with Crippen LogP contribution >= 0.6 is 0 Å². The molecule has 0 aromatic carbocycles. The lowest BCUT2D eigenvalue weighted by Gasteiger charge is -2.28. The Morgan fingerprint density at radius 2 is 1.95 bits per heavy atom. The number of esters is 1. The van der Waals surface area contributed by atoms with Crippen molar-refractivity contribution in [3.8, 4) is 0 Å². The molecule has 4 nitrogen and oxygen atoms in total. The summed E-state index contributed by atoms with van der Waals surface area (Å²) >= 11 is 0. The lowest BCUT2D eigenvalue weighted by Crippen LogP contribution is -2.44. The molecule has 1 unspecified atom stereocenters. The van der Waals surface area contributed by atoms with Gasteiger partial charge in [-0.15, -0.1) is 0 Å². The third-order valence-corrected chi connectivity index (χ3v) is 2.94. The van der Waals surface area contributed by atoms with Crippen molar-refractivity contribution in [1.82, 2.24) is 10.2 Å². The van der Waals surface area contributed by atoms with Crippen molar-refractivity contribution in [2.75, 3.05) is 26.7 Å². The molecule has 0 rings (SSSR count). The molecule has 0 bridgehead atoms. The molecule has 0 radical (unpaired) electrons. The van der Waals surface area contributed by atoms with E-state index in [1.54, 1.807) is 13.8 Å². The zero-order chi connectivity index (χ0) is 15.8. The van der Waals surface area contributed by atoms with Crippen molar-refractivity contribution in [2.24, 2.45) is 0 Å². The van der Waals surface area contributed by atoms with Crippen LogP contribution in [0.25, 0.3) is 0 Å². The molecule has 0 aromatic heterocycles. The molecule has 1 atom stereocenters. The van der Waals surface area contributed by atoms with E-state index in [1.807, 2.05) is 6.92 Å². The Kier molecular flexibility index (Phi) is 8.80. The zero-order valence-electron chi connectivity index (χ0n) is 12.6. The third kappa shape index (κ3) is 8.37. The molecule has 0 aliphatic heterocycles. The van der Waals surface area contributed by atoms with Crippen LogP contribution in [0.3, 0.4) is 0 Å². The van der Waals surface area contributed by atoms with Crippen molar-refractivity contribution >= 4 is 5.97 Å². The van der Waals surface area contributed by atoms with E-state index in [2.05, 4.69) is 10.1 Å². The lowest BCUT2D eigenvalue weighted by atomic mass is 10.1. The number of ether oxygens (including phenoxy) is 1. The van der Waals surface area contributed by atoms with Crippen LogP contribution in [0.4, 0.5) is 13.2 Å². The second-order valence-electron chi connectivity index (χ2n) is 5.00. The van der Waals surface area contributed by atoms with E-state index >= 15 is 0 Å². The van der Waals surface area contributed by atoms with Gasteiger partial charge in [0.1, 0.15) is 6.04 Å². The van der Waals surface area contributed by atoms with Gasteiger partial charge in [-0.2, -0.15) is 13.2 Å². The van der Waals surface area contributed by atoms with Crippen LogP contribution in [0.5, 0.6) is 0 Å². The molecule has 0 heterocycles. The quantitative estimate of drug-likeness (QED) is 0.663. The first-order valence-corrected chi connectivity index (χ1v) is 6.83. The van der Waals surface area contributed by atoms with E-state index in [-0.39, 0.29) is 12.6 Å². The maximum Gasteiger partial charge on any atom is 0.401 e. The monoisotopic (exact) mass is 298 g/mol. The van der Waals surface area contributed by atoms with Crippen molar-refractivity contribution < 1.29 is 22.7 Å². The van der Waals surface area contributed by atoms with Gasteiger partial charge >= 0.3 is 12.1 Å². The first kappa shape index (κ1) is 19.2. The first-order valence-electron chi connectivity index (χ1n) is 6.83. The normalized spacial score (nSPS) is 13.8. The highest BCUT2D eigenvalue weighted by Gasteiger charge is 2.32. The summed E-state index contributed by atoms with van der Waals surface area (Å²) in [6.45, 7) is 5.21. The number of alkyl halides is 3. The lowest BCUT2D eigenvalue weighted by molar-refractivity contribution is -0.150. The fraction of sp³-hybridized carbons (Fsp3) is 0.923. The van der Waals surface area contributed by atoms with Crippen LogP contribution in [0.1, 0.15) is 33.6 Å². The molecule has 1 N–H and O–H groups in total. The Bertz CT molecular complexity index is 283. The Labute approximate surface area is 118 Å². The summed E-state index contributed by atoms with van der Waals surface area (Å²) in [6, 6.07) is -0.796. The van der Waals surface area contributed by atoms with Gasteiger partial charge in [0.05, 0.1) is 13.7 Å². The van der Waals surface area contributed by atoms with Gasteiger partial charge in [-0.3, -0.25) is 9.69 Å². The summed E-state index contributed by atoms with van der Waals surface area (Å²) in [5, 5.41) is 2.99. The number of nitrogens with one attached hydrogen (secondary N) is 1. The topological polar surface area (TPSA) is 41.6 Å². The number of nitrogens with zero attached hydrogens (tertiary/aromatic N) is 1. The highest BCUT2D eigenvalue weighted by atomic mass is 19.4. The molecule has 0 saturated carbocycles. The van der Waals surface area contributed by atoms with Crippen molar-refractivity contribution in [2.45, 2.75) is 51.9 Å². The smallest absolute Gasteiger partial charge is 0.401 e. The molecule has 20 heavy (non-hydrogen) atoms. The van der Waals surface area contributed by atoms with Crippen LogP contribution in [-0.4, -0.2) is 55.9 Å². The third-order valence-electron chi connectivity index (χ3n) is 2.94. The maximum atomic E-state index is 12.5. The number of carbonyl (C=O) groups excluding carboxylic acids is 1. The predicted octanol–water partition coefficient (Wildman–Crippen LogP) is 2.19. The SMILES string of the molecule is CCCNC(CCN(CC(F)(F)F)C(C)C)C(=O)OC. The second-order valence-corrected chi connectivity index (χ2v) is 5.00. The minimum atomic E-state index is -4.23. The van der Waals surface area contributed by atoms with Gasteiger partial charge in [0.2, 0.25) is 0 Å². The molecular formula is C13H25F3N2O2. The summed E-state index contributed by atoms with van der Waals surface area (Å²) in [6.07, 6.45) is -3.10.